The number of hydrazine groups is 1. The molecule has 0 bridgehead atoms. The second-order valence-electron chi connectivity index (χ2n) is 8.96. The Labute approximate surface area is 211 Å². The summed E-state index contributed by atoms with van der Waals surface area (Å²) in [6, 6.07) is 4.34. The summed E-state index contributed by atoms with van der Waals surface area (Å²) in [6.45, 7) is 6.81. The maximum absolute atomic E-state index is 12.3. The van der Waals surface area contributed by atoms with Crippen LogP contribution in [0.1, 0.15) is 24.5 Å². The van der Waals surface area contributed by atoms with Gasteiger partial charge in [-0.3, -0.25) is 15.6 Å². The van der Waals surface area contributed by atoms with Gasteiger partial charge in [0, 0.05) is 44.2 Å². The van der Waals surface area contributed by atoms with Crippen LogP contribution >= 0.6 is 11.6 Å². The molecule has 0 saturated carbocycles. The van der Waals surface area contributed by atoms with Crippen molar-refractivity contribution in [1.29, 1.82) is 0 Å². The summed E-state index contributed by atoms with van der Waals surface area (Å²) in [6.07, 6.45) is 4.94. The van der Waals surface area contributed by atoms with Gasteiger partial charge < -0.3 is 25.2 Å². The molecule has 11 heteroatoms. The number of nitrogens with one attached hydrogen (secondary N) is 4. The Morgan fingerprint density at radius 1 is 1.26 bits per heavy atom. The van der Waals surface area contributed by atoms with Gasteiger partial charge in [-0.1, -0.05) is 18.2 Å². The summed E-state index contributed by atoms with van der Waals surface area (Å²) >= 11 is 6.37. The third-order valence-corrected chi connectivity index (χ3v) is 6.81. The molecule has 0 radical (unpaired) electrons. The van der Waals surface area contributed by atoms with E-state index >= 15 is 0 Å². The fraction of sp³-hybridized carbons (Fsp3) is 0.458. The number of carbonyl (C=O) groups excluding carboxylic acids is 1. The van der Waals surface area contributed by atoms with Crippen LogP contribution in [0.2, 0.25) is 5.02 Å². The Morgan fingerprint density at radius 2 is 1.97 bits per heavy atom. The number of carbonyl (C=O) groups is 1. The molecule has 10 nitrogen and oxygen atoms in total. The lowest BCUT2D eigenvalue weighted by Gasteiger charge is -2.37. The molecule has 0 unspecified atom stereocenters. The molecular weight excluding hydrogens is 468 g/mol. The number of nitrogens with zero attached hydrogens (tertiary/aromatic N) is 4. The van der Waals surface area contributed by atoms with Crippen LogP contribution in [0.5, 0.6) is 5.75 Å². The SMILES string of the molecule is C=CC(=O)Nc1cc(Nc2ncc(Cl)c(C3CNNC3)n2)c(OC)cc1N1CCC(N(C)C)CC1. The summed E-state index contributed by atoms with van der Waals surface area (Å²) < 4.78 is 5.72. The van der Waals surface area contributed by atoms with Crippen molar-refractivity contribution in [1.82, 2.24) is 25.7 Å². The number of amides is 1. The molecule has 1 amide bonds. The number of rotatable bonds is 8. The molecule has 2 aromatic rings. The van der Waals surface area contributed by atoms with Crippen LogP contribution in [0.3, 0.4) is 0 Å². The molecule has 2 aliphatic heterocycles. The fourth-order valence-electron chi connectivity index (χ4n) is 4.51. The van der Waals surface area contributed by atoms with Crippen molar-refractivity contribution in [3.63, 3.8) is 0 Å². The highest BCUT2D eigenvalue weighted by molar-refractivity contribution is 6.31. The number of hydrogen-bond acceptors (Lipinski definition) is 9. The van der Waals surface area contributed by atoms with E-state index in [1.807, 2.05) is 12.1 Å². The van der Waals surface area contributed by atoms with Crippen LogP contribution in [0, 0.1) is 0 Å². The minimum atomic E-state index is -0.281. The number of halogens is 1. The van der Waals surface area contributed by atoms with Crippen molar-refractivity contribution in [2.24, 2.45) is 0 Å². The van der Waals surface area contributed by atoms with Crippen LogP contribution in [-0.4, -0.2) is 74.2 Å². The molecule has 1 aromatic heterocycles. The van der Waals surface area contributed by atoms with Crippen molar-refractivity contribution in [3.8, 4) is 5.75 Å². The van der Waals surface area contributed by atoms with E-state index in [2.05, 4.69) is 61.9 Å². The highest BCUT2D eigenvalue weighted by Crippen LogP contribution is 2.39. The van der Waals surface area contributed by atoms with E-state index in [0.29, 0.717) is 34.1 Å². The number of hydrogen-bond donors (Lipinski definition) is 4. The molecule has 0 spiro atoms. The molecule has 2 aliphatic rings. The third kappa shape index (κ3) is 5.84. The quantitative estimate of drug-likeness (QED) is 0.407. The first-order valence-electron chi connectivity index (χ1n) is 11.7. The van der Waals surface area contributed by atoms with Gasteiger partial charge in [0.25, 0.3) is 0 Å². The van der Waals surface area contributed by atoms with Crippen LogP contribution in [-0.2, 0) is 4.79 Å². The summed E-state index contributed by atoms with van der Waals surface area (Å²) in [5.41, 5.74) is 9.16. The Bertz CT molecular complexity index is 1070. The average molecular weight is 501 g/mol. The monoisotopic (exact) mass is 500 g/mol. The molecule has 0 aliphatic carbocycles. The van der Waals surface area contributed by atoms with Crippen molar-refractivity contribution < 1.29 is 9.53 Å². The van der Waals surface area contributed by atoms with E-state index in [1.54, 1.807) is 13.3 Å². The molecule has 0 atom stereocenters. The first-order valence-corrected chi connectivity index (χ1v) is 12.1. The lowest BCUT2D eigenvalue weighted by molar-refractivity contribution is -0.111. The van der Waals surface area contributed by atoms with E-state index < -0.39 is 0 Å². The molecule has 2 saturated heterocycles. The molecule has 1 aromatic carbocycles. The highest BCUT2D eigenvalue weighted by Gasteiger charge is 2.25. The number of methoxy groups -OCH3 is 1. The molecular formula is C24H33ClN8O2. The van der Waals surface area contributed by atoms with Gasteiger partial charge in [-0.2, -0.15) is 0 Å². The third-order valence-electron chi connectivity index (χ3n) is 6.52. The van der Waals surface area contributed by atoms with Gasteiger partial charge in [0.2, 0.25) is 11.9 Å². The van der Waals surface area contributed by atoms with Gasteiger partial charge in [-0.15, -0.1) is 0 Å². The van der Waals surface area contributed by atoms with Gasteiger partial charge in [-0.05, 0) is 39.1 Å². The Hall–Kier alpha value is -2.92. The van der Waals surface area contributed by atoms with Crippen LogP contribution in [0.4, 0.5) is 23.0 Å². The van der Waals surface area contributed by atoms with Gasteiger partial charge in [0.15, 0.2) is 0 Å². The van der Waals surface area contributed by atoms with Crippen LogP contribution < -0.4 is 31.1 Å². The first kappa shape index (κ1) is 25.2. The Kier molecular flexibility index (Phi) is 8.07. The van der Waals surface area contributed by atoms with E-state index in [0.717, 1.165) is 50.4 Å². The van der Waals surface area contributed by atoms with Gasteiger partial charge >= 0.3 is 0 Å². The minimum Gasteiger partial charge on any atom is -0.494 e. The maximum atomic E-state index is 12.3. The lowest BCUT2D eigenvalue weighted by atomic mass is 10.0. The maximum Gasteiger partial charge on any atom is 0.247 e. The summed E-state index contributed by atoms with van der Waals surface area (Å²) in [5, 5.41) is 6.72. The predicted octanol–water partition coefficient (Wildman–Crippen LogP) is 2.73. The normalized spacial score (nSPS) is 17.0. The van der Waals surface area contributed by atoms with Gasteiger partial charge in [-0.25, -0.2) is 9.97 Å². The van der Waals surface area contributed by atoms with E-state index in [1.165, 1.54) is 6.08 Å². The molecule has 188 valence electrons. The Balaban J connectivity index is 1.65. The molecule has 4 rings (SSSR count). The van der Waals surface area contributed by atoms with Crippen molar-refractivity contribution in [2.45, 2.75) is 24.8 Å². The summed E-state index contributed by atoms with van der Waals surface area (Å²) in [7, 11) is 5.85. The van der Waals surface area contributed by atoms with Crippen LogP contribution in [0.15, 0.2) is 31.0 Å². The zero-order valence-corrected chi connectivity index (χ0v) is 21.2. The smallest absolute Gasteiger partial charge is 0.247 e. The minimum absolute atomic E-state index is 0.142. The molecule has 3 heterocycles. The second kappa shape index (κ2) is 11.2. The number of ether oxygens (including phenoxy) is 1. The van der Waals surface area contributed by atoms with Crippen molar-refractivity contribution >= 4 is 40.5 Å². The number of piperidine rings is 1. The van der Waals surface area contributed by atoms with E-state index in [-0.39, 0.29) is 11.8 Å². The van der Waals surface area contributed by atoms with Gasteiger partial charge in [0.1, 0.15) is 5.75 Å². The van der Waals surface area contributed by atoms with Crippen LogP contribution in [0.25, 0.3) is 0 Å². The van der Waals surface area contributed by atoms with Crippen molar-refractivity contribution in [2.75, 3.05) is 62.9 Å². The first-order chi connectivity index (χ1) is 16.9. The number of aromatic nitrogens is 2. The second-order valence-corrected chi connectivity index (χ2v) is 9.36. The lowest BCUT2D eigenvalue weighted by Crippen LogP contribution is -2.42. The topological polar surface area (TPSA) is 107 Å². The summed E-state index contributed by atoms with van der Waals surface area (Å²) in [4.78, 5) is 25.8. The fourth-order valence-corrected chi connectivity index (χ4v) is 4.75. The van der Waals surface area contributed by atoms with E-state index in [4.69, 9.17) is 16.3 Å². The zero-order chi connectivity index (χ0) is 24.9. The number of benzene rings is 1. The predicted molar refractivity (Wildman–Crippen MR) is 140 cm³/mol. The zero-order valence-electron chi connectivity index (χ0n) is 20.4. The van der Waals surface area contributed by atoms with E-state index in [9.17, 15) is 4.79 Å². The molecule has 2 fully saturated rings. The standard InChI is InChI=1S/C24H33ClN8O2/c1-5-22(34)29-18-10-19(30-24-26-14-17(25)23(31-24)15-12-27-28-13-15)21(35-4)11-20(18)33-8-6-16(7-9-33)32(2)3/h5,10-11,14-16,27-28H,1,6-9,12-13H2,2-4H3,(H,29,34)(H,26,30,31). The Morgan fingerprint density at radius 3 is 2.60 bits per heavy atom. The molecule has 4 N–H and O–H groups in total. The number of anilines is 4. The van der Waals surface area contributed by atoms with Gasteiger partial charge in [0.05, 0.1) is 41.1 Å². The summed E-state index contributed by atoms with van der Waals surface area (Å²) in [5.74, 6) is 0.880. The largest absolute Gasteiger partial charge is 0.494 e. The average Bonchev–Trinajstić information content (AvgIpc) is 3.40. The molecule has 35 heavy (non-hydrogen) atoms. The van der Waals surface area contributed by atoms with Crippen molar-refractivity contribution in [3.05, 3.63) is 41.7 Å². The highest BCUT2D eigenvalue weighted by atomic mass is 35.5.